The number of pyridine rings is 1. The number of nitrogens with one attached hydrogen (secondary N) is 2. The van der Waals surface area contributed by atoms with Crippen molar-refractivity contribution in [3.63, 3.8) is 0 Å². The van der Waals surface area contributed by atoms with Gasteiger partial charge in [-0.3, -0.25) is 0 Å². The number of hydrogen-bond donors (Lipinski definition) is 3. The molecule has 0 amide bonds. The minimum Gasteiger partial charge on any atom is -0.494 e. The van der Waals surface area contributed by atoms with Crippen molar-refractivity contribution in [2.45, 2.75) is 58.2 Å². The summed E-state index contributed by atoms with van der Waals surface area (Å²) < 4.78 is 11.3. The van der Waals surface area contributed by atoms with Gasteiger partial charge in [0.1, 0.15) is 11.5 Å². The van der Waals surface area contributed by atoms with E-state index >= 15 is 0 Å². The van der Waals surface area contributed by atoms with Crippen LogP contribution in [0.1, 0.15) is 45.1 Å². The van der Waals surface area contributed by atoms with Crippen LogP contribution in [0.2, 0.25) is 0 Å². The van der Waals surface area contributed by atoms with Gasteiger partial charge in [0.15, 0.2) is 5.96 Å². The second-order valence-corrected chi connectivity index (χ2v) is 7.35. The van der Waals surface area contributed by atoms with Gasteiger partial charge in [-0.2, -0.15) is 0 Å². The van der Waals surface area contributed by atoms with Crippen LogP contribution in [-0.2, 0) is 6.54 Å². The van der Waals surface area contributed by atoms with Crippen LogP contribution < -0.4 is 20.1 Å². The highest BCUT2D eigenvalue weighted by molar-refractivity contribution is 5.80. The average Bonchev–Trinajstić information content (AvgIpc) is 2.76. The zero-order chi connectivity index (χ0) is 21.2. The Bertz CT molecular complexity index is 802. The first-order valence-corrected chi connectivity index (χ1v) is 10.7. The number of ether oxygens (including phenoxy) is 2. The minimum atomic E-state index is -0.159. The Kier molecular flexibility index (Phi) is 8.32. The predicted molar refractivity (Wildman–Crippen MR) is 118 cm³/mol. The summed E-state index contributed by atoms with van der Waals surface area (Å²) in [6.07, 6.45) is 5.18. The van der Waals surface area contributed by atoms with Gasteiger partial charge >= 0.3 is 0 Å². The molecule has 0 saturated heterocycles. The molecule has 162 valence electrons. The number of aliphatic hydroxyl groups is 1. The summed E-state index contributed by atoms with van der Waals surface area (Å²) in [7, 11) is 0. The van der Waals surface area contributed by atoms with Crippen molar-refractivity contribution in [3.8, 4) is 17.4 Å². The molecular formula is C23H32N4O3. The van der Waals surface area contributed by atoms with Crippen LogP contribution in [0.25, 0.3) is 0 Å². The molecule has 30 heavy (non-hydrogen) atoms. The molecule has 3 rings (SSSR count). The number of aliphatic hydroxyl groups excluding tert-OH is 1. The van der Waals surface area contributed by atoms with Crippen LogP contribution in [0.5, 0.6) is 17.4 Å². The van der Waals surface area contributed by atoms with Gasteiger partial charge in [-0.15, -0.1) is 0 Å². The van der Waals surface area contributed by atoms with E-state index in [1.165, 1.54) is 0 Å². The number of guanidine groups is 1. The summed E-state index contributed by atoms with van der Waals surface area (Å²) in [5.74, 6) is 2.86. The van der Waals surface area contributed by atoms with E-state index in [0.29, 0.717) is 30.8 Å². The van der Waals surface area contributed by atoms with Crippen LogP contribution in [-0.4, -0.2) is 41.3 Å². The third kappa shape index (κ3) is 6.91. The lowest BCUT2D eigenvalue weighted by Crippen LogP contribution is -2.45. The largest absolute Gasteiger partial charge is 0.494 e. The van der Waals surface area contributed by atoms with Gasteiger partial charge in [-0.25, -0.2) is 9.98 Å². The molecule has 1 saturated carbocycles. The quantitative estimate of drug-likeness (QED) is 0.453. The van der Waals surface area contributed by atoms with Crippen molar-refractivity contribution in [1.82, 2.24) is 15.6 Å². The van der Waals surface area contributed by atoms with Gasteiger partial charge in [0.25, 0.3) is 0 Å². The number of rotatable bonds is 8. The fourth-order valence-corrected chi connectivity index (χ4v) is 3.40. The summed E-state index contributed by atoms with van der Waals surface area (Å²) in [4.78, 5) is 9.01. The predicted octanol–water partition coefficient (Wildman–Crippen LogP) is 3.63. The van der Waals surface area contributed by atoms with Crippen molar-refractivity contribution in [1.29, 1.82) is 0 Å². The molecule has 1 aromatic carbocycles. The Morgan fingerprint density at radius 3 is 2.53 bits per heavy atom. The molecule has 1 aliphatic carbocycles. The summed E-state index contributed by atoms with van der Waals surface area (Å²) in [6, 6.07) is 11.7. The third-order valence-electron chi connectivity index (χ3n) is 4.96. The summed E-state index contributed by atoms with van der Waals surface area (Å²) >= 11 is 0. The molecule has 0 radical (unpaired) electrons. The second kappa shape index (κ2) is 11.4. The number of aliphatic imine (C=N–C) groups is 1. The smallest absolute Gasteiger partial charge is 0.219 e. The Labute approximate surface area is 178 Å². The lowest BCUT2D eigenvalue weighted by molar-refractivity contribution is 0.120. The molecule has 0 aliphatic heterocycles. The van der Waals surface area contributed by atoms with Crippen molar-refractivity contribution in [2.75, 3.05) is 13.2 Å². The molecule has 1 aromatic heterocycles. The molecule has 1 aliphatic rings. The Balaban J connectivity index is 1.59. The Morgan fingerprint density at radius 2 is 1.83 bits per heavy atom. The van der Waals surface area contributed by atoms with E-state index in [1.807, 2.05) is 43.3 Å². The normalized spacial score (nSPS) is 19.2. The molecule has 1 heterocycles. The SMILES string of the molecule is CCNC(=NCc1ccnc(Oc2ccc(OCC)cc2)c1)NC1CCC(O)CC1. The van der Waals surface area contributed by atoms with E-state index in [2.05, 4.69) is 22.5 Å². The number of hydrogen-bond acceptors (Lipinski definition) is 5. The van der Waals surface area contributed by atoms with Gasteiger partial charge in [0, 0.05) is 24.8 Å². The molecule has 3 N–H and O–H groups in total. The maximum atomic E-state index is 9.69. The van der Waals surface area contributed by atoms with E-state index in [1.54, 1.807) is 6.20 Å². The molecule has 0 atom stereocenters. The molecule has 0 spiro atoms. The first-order chi connectivity index (χ1) is 14.7. The number of nitrogens with zero attached hydrogens (tertiary/aromatic N) is 2. The fourth-order valence-electron chi connectivity index (χ4n) is 3.40. The third-order valence-corrected chi connectivity index (χ3v) is 4.96. The number of benzene rings is 1. The molecule has 1 fully saturated rings. The van der Waals surface area contributed by atoms with Gasteiger partial charge in [0.05, 0.1) is 19.3 Å². The average molecular weight is 413 g/mol. The van der Waals surface area contributed by atoms with E-state index in [-0.39, 0.29) is 6.10 Å². The van der Waals surface area contributed by atoms with Gasteiger partial charge in [-0.05, 0) is 75.4 Å². The Hall–Kier alpha value is -2.80. The zero-order valence-corrected chi connectivity index (χ0v) is 17.8. The molecule has 7 nitrogen and oxygen atoms in total. The second-order valence-electron chi connectivity index (χ2n) is 7.35. The van der Waals surface area contributed by atoms with Crippen molar-refractivity contribution in [3.05, 3.63) is 48.2 Å². The maximum Gasteiger partial charge on any atom is 0.219 e. The lowest BCUT2D eigenvalue weighted by Gasteiger charge is -2.27. The summed E-state index contributed by atoms with van der Waals surface area (Å²) in [5.41, 5.74) is 1.02. The first-order valence-electron chi connectivity index (χ1n) is 10.7. The van der Waals surface area contributed by atoms with Gasteiger partial charge < -0.3 is 25.2 Å². The molecule has 7 heteroatoms. The van der Waals surface area contributed by atoms with Crippen molar-refractivity contribution >= 4 is 5.96 Å². The van der Waals surface area contributed by atoms with Crippen molar-refractivity contribution < 1.29 is 14.6 Å². The van der Waals surface area contributed by atoms with Crippen LogP contribution in [0.15, 0.2) is 47.6 Å². The number of aromatic nitrogens is 1. The lowest BCUT2D eigenvalue weighted by atomic mass is 9.93. The highest BCUT2D eigenvalue weighted by Gasteiger charge is 2.19. The summed E-state index contributed by atoms with van der Waals surface area (Å²) in [5, 5.41) is 16.5. The van der Waals surface area contributed by atoms with E-state index in [0.717, 1.165) is 49.5 Å². The Morgan fingerprint density at radius 1 is 1.10 bits per heavy atom. The maximum absolute atomic E-state index is 9.69. The molecule has 0 unspecified atom stereocenters. The topological polar surface area (TPSA) is 88.0 Å². The molecular weight excluding hydrogens is 380 g/mol. The summed E-state index contributed by atoms with van der Waals surface area (Å²) in [6.45, 7) is 5.96. The van der Waals surface area contributed by atoms with E-state index in [9.17, 15) is 5.11 Å². The van der Waals surface area contributed by atoms with Crippen LogP contribution in [0.4, 0.5) is 0 Å². The first kappa shape index (κ1) is 21.9. The molecule has 2 aromatic rings. The fraction of sp³-hybridized carbons (Fsp3) is 0.478. The van der Waals surface area contributed by atoms with Gasteiger partial charge in [0.2, 0.25) is 5.88 Å². The highest BCUT2D eigenvalue weighted by atomic mass is 16.5. The van der Waals surface area contributed by atoms with Crippen LogP contribution in [0.3, 0.4) is 0 Å². The minimum absolute atomic E-state index is 0.159. The van der Waals surface area contributed by atoms with Gasteiger partial charge in [-0.1, -0.05) is 0 Å². The van der Waals surface area contributed by atoms with Crippen molar-refractivity contribution in [2.24, 2.45) is 4.99 Å². The van der Waals surface area contributed by atoms with Crippen LogP contribution >= 0.6 is 0 Å². The standard InChI is InChI=1S/C23H32N4O3/c1-3-24-23(27-18-5-7-19(28)8-6-18)26-16-17-13-14-25-22(15-17)30-21-11-9-20(10-12-21)29-4-2/h9-15,18-19,28H,3-8,16H2,1-2H3,(H2,24,26,27). The van der Waals surface area contributed by atoms with E-state index < -0.39 is 0 Å². The van der Waals surface area contributed by atoms with Crippen LogP contribution in [0, 0.1) is 0 Å². The molecule has 0 bridgehead atoms. The van der Waals surface area contributed by atoms with E-state index in [4.69, 9.17) is 14.5 Å². The monoisotopic (exact) mass is 412 g/mol. The zero-order valence-electron chi connectivity index (χ0n) is 17.8. The highest BCUT2D eigenvalue weighted by Crippen LogP contribution is 2.23.